The van der Waals surface area contributed by atoms with Gasteiger partial charge in [0, 0.05) is 19.3 Å². The standard InChI is InChI=1S/C64H120O6/c1-4-7-10-13-16-19-21-23-25-26-27-28-29-30-31-32-33-34-35-36-37-39-40-42-45-48-51-54-57-63(66)69-60-61(59-68-62(65)56-53-50-47-44-18-15-12-9-6-3)70-64(67)58-55-52-49-46-43-41-38-24-22-20-17-14-11-8-5-2/h17,20,24,38,61H,4-16,18-19,21-23,25-37,39-60H2,1-3H3/b20-17-,38-24-. The van der Waals surface area contributed by atoms with Gasteiger partial charge in [-0.1, -0.05) is 302 Å². The van der Waals surface area contributed by atoms with Crippen molar-refractivity contribution < 1.29 is 28.6 Å². The number of hydrogen-bond acceptors (Lipinski definition) is 6. The second kappa shape index (κ2) is 59.5. The summed E-state index contributed by atoms with van der Waals surface area (Å²) in [6.07, 6.45) is 70.7. The maximum atomic E-state index is 12.8. The Morgan fingerprint density at radius 1 is 0.286 bits per heavy atom. The molecule has 70 heavy (non-hydrogen) atoms. The molecule has 0 aliphatic rings. The Morgan fingerprint density at radius 3 is 0.814 bits per heavy atom. The van der Waals surface area contributed by atoms with Crippen molar-refractivity contribution in [1.29, 1.82) is 0 Å². The fraction of sp³-hybridized carbons (Fsp3) is 0.891. The lowest BCUT2D eigenvalue weighted by molar-refractivity contribution is -0.167. The van der Waals surface area contributed by atoms with E-state index >= 15 is 0 Å². The number of rotatable bonds is 58. The van der Waals surface area contributed by atoms with Gasteiger partial charge in [-0.25, -0.2) is 0 Å². The summed E-state index contributed by atoms with van der Waals surface area (Å²) in [5.74, 6) is -0.868. The lowest BCUT2D eigenvalue weighted by Crippen LogP contribution is -2.30. The fourth-order valence-electron chi connectivity index (χ4n) is 9.48. The molecule has 0 saturated heterocycles. The summed E-state index contributed by atoms with van der Waals surface area (Å²) in [6.45, 7) is 6.64. The predicted molar refractivity (Wildman–Crippen MR) is 303 cm³/mol. The molecule has 0 aliphatic carbocycles. The van der Waals surface area contributed by atoms with Crippen molar-refractivity contribution >= 4 is 17.9 Å². The third-order valence-electron chi connectivity index (χ3n) is 14.2. The SMILES string of the molecule is CCCCC/C=C\C/C=C\CCCCCCCC(=O)OC(COC(=O)CCCCCCCCCCC)COC(=O)CCCCCCCCCCCCCCCCCCCCCCCCCCCCCC. The zero-order chi connectivity index (χ0) is 50.7. The average Bonchev–Trinajstić information content (AvgIpc) is 3.36. The van der Waals surface area contributed by atoms with Crippen LogP contribution in [-0.4, -0.2) is 37.2 Å². The van der Waals surface area contributed by atoms with Crippen LogP contribution in [0.1, 0.15) is 348 Å². The fourth-order valence-corrected chi connectivity index (χ4v) is 9.48. The van der Waals surface area contributed by atoms with Crippen LogP contribution in [0, 0.1) is 0 Å². The highest BCUT2D eigenvalue weighted by molar-refractivity contribution is 5.71. The minimum atomic E-state index is -0.773. The Hall–Kier alpha value is -2.11. The molecule has 0 bridgehead atoms. The molecular weight excluding hydrogens is 865 g/mol. The third kappa shape index (κ3) is 56.8. The number of esters is 3. The average molecular weight is 986 g/mol. The van der Waals surface area contributed by atoms with Gasteiger partial charge in [-0.15, -0.1) is 0 Å². The topological polar surface area (TPSA) is 78.9 Å². The Morgan fingerprint density at radius 2 is 0.514 bits per heavy atom. The molecule has 0 aromatic heterocycles. The largest absolute Gasteiger partial charge is 0.462 e. The van der Waals surface area contributed by atoms with Gasteiger partial charge in [-0.2, -0.15) is 0 Å². The molecule has 1 atom stereocenters. The van der Waals surface area contributed by atoms with Crippen molar-refractivity contribution in [1.82, 2.24) is 0 Å². The van der Waals surface area contributed by atoms with E-state index in [0.717, 1.165) is 77.0 Å². The van der Waals surface area contributed by atoms with Gasteiger partial charge in [-0.3, -0.25) is 14.4 Å². The Balaban J connectivity index is 4.08. The first-order chi connectivity index (χ1) is 34.5. The molecule has 0 spiro atoms. The number of hydrogen-bond donors (Lipinski definition) is 0. The van der Waals surface area contributed by atoms with Crippen LogP contribution in [-0.2, 0) is 28.6 Å². The second-order valence-corrected chi connectivity index (χ2v) is 21.3. The van der Waals surface area contributed by atoms with Crippen LogP contribution in [0.25, 0.3) is 0 Å². The number of carbonyl (C=O) groups is 3. The van der Waals surface area contributed by atoms with Crippen LogP contribution in [0.3, 0.4) is 0 Å². The smallest absolute Gasteiger partial charge is 0.306 e. The molecule has 6 nitrogen and oxygen atoms in total. The molecule has 1 unspecified atom stereocenters. The molecule has 412 valence electrons. The summed E-state index contributed by atoms with van der Waals surface area (Å²) in [5, 5.41) is 0. The highest BCUT2D eigenvalue weighted by Crippen LogP contribution is 2.18. The van der Waals surface area contributed by atoms with Crippen LogP contribution < -0.4 is 0 Å². The Labute approximate surface area is 436 Å². The van der Waals surface area contributed by atoms with Crippen LogP contribution >= 0.6 is 0 Å². The minimum absolute atomic E-state index is 0.0718. The zero-order valence-electron chi connectivity index (χ0n) is 47.3. The maximum Gasteiger partial charge on any atom is 0.306 e. The molecule has 0 radical (unpaired) electrons. The van der Waals surface area contributed by atoms with E-state index in [2.05, 4.69) is 45.1 Å². The van der Waals surface area contributed by atoms with Crippen molar-refractivity contribution in [3.63, 3.8) is 0 Å². The predicted octanol–water partition coefficient (Wildman–Crippen LogP) is 21.1. The number of carbonyl (C=O) groups excluding carboxylic acids is 3. The van der Waals surface area contributed by atoms with E-state index in [9.17, 15) is 14.4 Å². The van der Waals surface area contributed by atoms with Gasteiger partial charge in [0.05, 0.1) is 0 Å². The van der Waals surface area contributed by atoms with Gasteiger partial charge in [-0.05, 0) is 51.4 Å². The summed E-state index contributed by atoms with van der Waals surface area (Å²) >= 11 is 0. The molecule has 0 heterocycles. The Bertz CT molecular complexity index is 1130. The first kappa shape index (κ1) is 67.9. The van der Waals surface area contributed by atoms with Crippen molar-refractivity contribution in [3.8, 4) is 0 Å². The Kier molecular flexibility index (Phi) is 57.7. The van der Waals surface area contributed by atoms with E-state index in [0.29, 0.717) is 19.3 Å². The van der Waals surface area contributed by atoms with E-state index in [4.69, 9.17) is 14.2 Å². The van der Waals surface area contributed by atoms with Crippen molar-refractivity contribution in [2.24, 2.45) is 0 Å². The van der Waals surface area contributed by atoms with Crippen molar-refractivity contribution in [2.45, 2.75) is 354 Å². The summed E-state index contributed by atoms with van der Waals surface area (Å²) in [5.41, 5.74) is 0. The molecule has 0 aromatic rings. The van der Waals surface area contributed by atoms with Crippen molar-refractivity contribution in [3.05, 3.63) is 24.3 Å². The van der Waals surface area contributed by atoms with Gasteiger partial charge >= 0.3 is 17.9 Å². The molecule has 0 amide bonds. The summed E-state index contributed by atoms with van der Waals surface area (Å²) in [7, 11) is 0. The van der Waals surface area contributed by atoms with E-state index in [1.165, 1.54) is 231 Å². The highest BCUT2D eigenvalue weighted by Gasteiger charge is 2.19. The van der Waals surface area contributed by atoms with E-state index in [1.807, 2.05) is 0 Å². The number of unbranched alkanes of at least 4 members (excludes halogenated alkanes) is 43. The minimum Gasteiger partial charge on any atom is -0.462 e. The monoisotopic (exact) mass is 985 g/mol. The van der Waals surface area contributed by atoms with E-state index < -0.39 is 6.10 Å². The van der Waals surface area contributed by atoms with E-state index in [-0.39, 0.29) is 31.1 Å². The quantitative estimate of drug-likeness (QED) is 0.0261. The molecule has 6 heteroatoms. The first-order valence-electron chi connectivity index (χ1n) is 31.3. The lowest BCUT2D eigenvalue weighted by Gasteiger charge is -2.18. The van der Waals surface area contributed by atoms with Crippen LogP contribution in [0.4, 0.5) is 0 Å². The summed E-state index contributed by atoms with van der Waals surface area (Å²) < 4.78 is 16.8. The molecule has 0 saturated carbocycles. The van der Waals surface area contributed by atoms with Crippen LogP contribution in [0.15, 0.2) is 24.3 Å². The van der Waals surface area contributed by atoms with Gasteiger partial charge < -0.3 is 14.2 Å². The third-order valence-corrected chi connectivity index (χ3v) is 14.2. The van der Waals surface area contributed by atoms with Gasteiger partial charge in [0.15, 0.2) is 6.10 Å². The molecular formula is C64H120O6. The number of ether oxygens (including phenoxy) is 3. The molecule has 0 aliphatic heterocycles. The second-order valence-electron chi connectivity index (χ2n) is 21.3. The first-order valence-corrected chi connectivity index (χ1v) is 31.3. The molecule has 0 N–H and O–H groups in total. The van der Waals surface area contributed by atoms with Crippen LogP contribution in [0.5, 0.6) is 0 Å². The van der Waals surface area contributed by atoms with Gasteiger partial charge in [0.25, 0.3) is 0 Å². The van der Waals surface area contributed by atoms with Gasteiger partial charge in [0.1, 0.15) is 13.2 Å². The maximum absolute atomic E-state index is 12.8. The normalized spacial score (nSPS) is 12.1. The van der Waals surface area contributed by atoms with Crippen LogP contribution in [0.2, 0.25) is 0 Å². The molecule has 0 aromatic carbocycles. The highest BCUT2D eigenvalue weighted by atomic mass is 16.6. The molecule has 0 rings (SSSR count). The summed E-state index contributed by atoms with van der Waals surface area (Å²) in [6, 6.07) is 0. The van der Waals surface area contributed by atoms with E-state index in [1.54, 1.807) is 0 Å². The summed E-state index contributed by atoms with van der Waals surface area (Å²) in [4.78, 5) is 38.1. The number of allylic oxidation sites excluding steroid dienone is 4. The molecule has 0 fully saturated rings. The lowest BCUT2D eigenvalue weighted by atomic mass is 10.0. The zero-order valence-corrected chi connectivity index (χ0v) is 47.3. The van der Waals surface area contributed by atoms with Crippen molar-refractivity contribution in [2.75, 3.05) is 13.2 Å². The van der Waals surface area contributed by atoms with Gasteiger partial charge in [0.2, 0.25) is 0 Å².